The Kier molecular flexibility index (Phi) is 6.11. The van der Waals surface area contributed by atoms with Crippen molar-refractivity contribution in [2.24, 2.45) is 0 Å². The molecule has 124 valence electrons. The quantitative estimate of drug-likeness (QED) is 0.836. The summed E-state index contributed by atoms with van der Waals surface area (Å²) in [5, 5.41) is 0. The van der Waals surface area contributed by atoms with E-state index >= 15 is 0 Å². The normalized spacial score (nSPS) is 15.1. The van der Waals surface area contributed by atoms with Crippen LogP contribution in [0.5, 0.6) is 0 Å². The molecule has 1 aromatic heterocycles. The van der Waals surface area contributed by atoms with E-state index in [1.54, 1.807) is 0 Å². The van der Waals surface area contributed by atoms with Gasteiger partial charge in [0.2, 0.25) is 0 Å². The number of pyridine rings is 1. The first kappa shape index (κ1) is 17.4. The van der Waals surface area contributed by atoms with Gasteiger partial charge < -0.3 is 9.80 Å². The lowest BCUT2D eigenvalue weighted by atomic mass is 10.1. The van der Waals surface area contributed by atoms with Gasteiger partial charge in [-0.05, 0) is 49.4 Å². The van der Waals surface area contributed by atoms with Gasteiger partial charge in [-0.25, -0.2) is 9.37 Å². The van der Waals surface area contributed by atoms with Crippen LogP contribution in [0.1, 0.15) is 19.5 Å². The lowest BCUT2D eigenvalue weighted by Gasteiger charge is -2.33. The highest BCUT2D eigenvalue weighted by Crippen LogP contribution is 2.25. The molecule has 1 fully saturated rings. The molecule has 2 aromatic rings. The third-order valence-corrected chi connectivity index (χ3v) is 3.94. The van der Waals surface area contributed by atoms with Crippen molar-refractivity contribution in [3.8, 4) is 11.1 Å². The molecule has 0 unspecified atom stereocenters. The second-order valence-corrected chi connectivity index (χ2v) is 5.65. The molecule has 0 spiro atoms. The van der Waals surface area contributed by atoms with Crippen LogP contribution in [0.25, 0.3) is 11.1 Å². The van der Waals surface area contributed by atoms with Crippen LogP contribution in [0.3, 0.4) is 0 Å². The van der Waals surface area contributed by atoms with Gasteiger partial charge in [0, 0.05) is 31.9 Å². The molecule has 2 heterocycles. The van der Waals surface area contributed by atoms with Gasteiger partial charge in [0.25, 0.3) is 0 Å². The second-order valence-electron chi connectivity index (χ2n) is 5.65. The Hall–Kier alpha value is -1.94. The van der Waals surface area contributed by atoms with Gasteiger partial charge in [-0.3, -0.25) is 0 Å². The fraction of sp³-hybridized carbons (Fsp3) is 0.421. The first-order chi connectivity index (χ1) is 11.1. The van der Waals surface area contributed by atoms with Crippen LogP contribution < -0.4 is 4.90 Å². The summed E-state index contributed by atoms with van der Waals surface area (Å²) in [6.07, 6.45) is 0. The van der Waals surface area contributed by atoms with Crippen molar-refractivity contribution in [3.63, 3.8) is 0 Å². The summed E-state index contributed by atoms with van der Waals surface area (Å²) < 4.78 is 13.1. The molecule has 4 heteroatoms. The summed E-state index contributed by atoms with van der Waals surface area (Å²) in [5.74, 6) is 0.811. The minimum absolute atomic E-state index is 0.205. The minimum atomic E-state index is -0.205. The number of hydrogen-bond acceptors (Lipinski definition) is 3. The third-order valence-electron chi connectivity index (χ3n) is 3.94. The molecule has 0 saturated carbocycles. The first-order valence-electron chi connectivity index (χ1n) is 8.30. The molecule has 23 heavy (non-hydrogen) atoms. The topological polar surface area (TPSA) is 19.4 Å². The summed E-state index contributed by atoms with van der Waals surface area (Å²) in [7, 11) is 2.14. The number of aromatic nitrogens is 1. The maximum Gasteiger partial charge on any atom is 0.129 e. The maximum absolute atomic E-state index is 13.1. The number of aryl methyl sites for hydroxylation is 1. The SMILES string of the molecule is CC.Cc1cc(-c2ccc(F)cc2)cc(N2CCN(C)CC2)n1. The van der Waals surface area contributed by atoms with E-state index in [4.69, 9.17) is 0 Å². The Labute approximate surface area is 138 Å². The molecule has 1 aliphatic heterocycles. The van der Waals surface area contributed by atoms with E-state index in [9.17, 15) is 4.39 Å². The van der Waals surface area contributed by atoms with Gasteiger partial charge in [0.15, 0.2) is 0 Å². The number of halogens is 1. The molecular weight excluding hydrogens is 289 g/mol. The molecule has 0 radical (unpaired) electrons. The van der Waals surface area contributed by atoms with Crippen molar-refractivity contribution >= 4 is 5.82 Å². The van der Waals surface area contributed by atoms with Gasteiger partial charge in [-0.2, -0.15) is 0 Å². The van der Waals surface area contributed by atoms with Crippen molar-refractivity contribution < 1.29 is 4.39 Å². The smallest absolute Gasteiger partial charge is 0.129 e. The van der Waals surface area contributed by atoms with Crippen molar-refractivity contribution in [2.75, 3.05) is 38.1 Å². The summed E-state index contributed by atoms with van der Waals surface area (Å²) in [6, 6.07) is 10.8. The summed E-state index contributed by atoms with van der Waals surface area (Å²) in [4.78, 5) is 9.30. The average molecular weight is 315 g/mol. The van der Waals surface area contributed by atoms with Crippen LogP contribution in [0, 0.1) is 12.7 Å². The van der Waals surface area contributed by atoms with E-state index in [1.807, 2.05) is 39.0 Å². The Morgan fingerprint density at radius 1 is 0.913 bits per heavy atom. The molecule has 0 atom stereocenters. The molecule has 0 amide bonds. The standard InChI is InChI=1S/C17H20FN3.C2H6/c1-13-11-15(14-3-5-16(18)6-4-14)12-17(19-13)21-9-7-20(2)8-10-21;1-2/h3-6,11-12H,7-10H2,1-2H3;1-2H3. The Morgan fingerprint density at radius 3 is 2.13 bits per heavy atom. The number of piperazine rings is 1. The highest BCUT2D eigenvalue weighted by molar-refractivity contribution is 5.67. The largest absolute Gasteiger partial charge is 0.354 e. The Morgan fingerprint density at radius 2 is 1.52 bits per heavy atom. The number of nitrogens with zero attached hydrogens (tertiary/aromatic N) is 3. The molecule has 0 N–H and O–H groups in total. The molecule has 1 saturated heterocycles. The van der Waals surface area contributed by atoms with Crippen LogP contribution >= 0.6 is 0 Å². The molecule has 1 aromatic carbocycles. The van der Waals surface area contributed by atoms with Crippen molar-refractivity contribution in [1.82, 2.24) is 9.88 Å². The zero-order valence-electron chi connectivity index (χ0n) is 14.5. The van der Waals surface area contributed by atoms with Crippen LogP contribution in [0.15, 0.2) is 36.4 Å². The predicted octanol–water partition coefficient (Wildman–Crippen LogP) is 3.97. The Bertz CT molecular complexity index is 617. The van der Waals surface area contributed by atoms with Crippen LogP contribution in [-0.4, -0.2) is 43.1 Å². The zero-order chi connectivity index (χ0) is 16.8. The number of likely N-dealkylation sites (N-methyl/N-ethyl adjacent to an activating group) is 1. The van der Waals surface area contributed by atoms with Crippen molar-refractivity contribution in [1.29, 1.82) is 0 Å². The molecule has 1 aliphatic rings. The highest BCUT2D eigenvalue weighted by atomic mass is 19.1. The van der Waals surface area contributed by atoms with E-state index in [2.05, 4.69) is 27.9 Å². The fourth-order valence-corrected chi connectivity index (χ4v) is 2.66. The zero-order valence-corrected chi connectivity index (χ0v) is 14.5. The number of rotatable bonds is 2. The lowest BCUT2D eigenvalue weighted by Crippen LogP contribution is -2.44. The van der Waals surface area contributed by atoms with E-state index in [0.717, 1.165) is 48.8 Å². The molecular formula is C19H26FN3. The molecule has 3 nitrogen and oxygen atoms in total. The second kappa shape index (κ2) is 8.06. The van der Waals surface area contributed by atoms with Gasteiger partial charge in [-0.1, -0.05) is 26.0 Å². The molecule has 3 rings (SSSR count). The summed E-state index contributed by atoms with van der Waals surface area (Å²) >= 11 is 0. The van der Waals surface area contributed by atoms with E-state index < -0.39 is 0 Å². The first-order valence-corrected chi connectivity index (χ1v) is 8.30. The summed E-state index contributed by atoms with van der Waals surface area (Å²) in [6.45, 7) is 10.1. The Balaban J connectivity index is 0.000000924. The number of anilines is 1. The van der Waals surface area contributed by atoms with Crippen LogP contribution in [0.4, 0.5) is 10.2 Å². The van der Waals surface area contributed by atoms with Crippen molar-refractivity contribution in [3.05, 3.63) is 47.9 Å². The fourth-order valence-electron chi connectivity index (χ4n) is 2.66. The molecule has 0 aliphatic carbocycles. The summed E-state index contributed by atoms with van der Waals surface area (Å²) in [5.41, 5.74) is 3.11. The van der Waals surface area contributed by atoms with Gasteiger partial charge in [0.05, 0.1) is 0 Å². The number of benzene rings is 1. The number of hydrogen-bond donors (Lipinski definition) is 0. The van der Waals surface area contributed by atoms with Crippen LogP contribution in [-0.2, 0) is 0 Å². The van der Waals surface area contributed by atoms with Gasteiger partial charge >= 0.3 is 0 Å². The average Bonchev–Trinajstić information content (AvgIpc) is 2.57. The van der Waals surface area contributed by atoms with E-state index in [1.165, 1.54) is 12.1 Å². The van der Waals surface area contributed by atoms with Gasteiger partial charge in [0.1, 0.15) is 11.6 Å². The lowest BCUT2D eigenvalue weighted by molar-refractivity contribution is 0.312. The van der Waals surface area contributed by atoms with Crippen LogP contribution in [0.2, 0.25) is 0 Å². The van der Waals surface area contributed by atoms with Crippen molar-refractivity contribution in [2.45, 2.75) is 20.8 Å². The maximum atomic E-state index is 13.1. The third kappa shape index (κ3) is 4.52. The minimum Gasteiger partial charge on any atom is -0.354 e. The van der Waals surface area contributed by atoms with E-state index in [-0.39, 0.29) is 5.82 Å². The predicted molar refractivity (Wildman–Crippen MR) is 95.4 cm³/mol. The van der Waals surface area contributed by atoms with E-state index in [0.29, 0.717) is 0 Å². The monoisotopic (exact) mass is 315 g/mol. The molecule has 0 bridgehead atoms. The van der Waals surface area contributed by atoms with Gasteiger partial charge in [-0.15, -0.1) is 0 Å². The highest BCUT2D eigenvalue weighted by Gasteiger charge is 2.16.